The summed E-state index contributed by atoms with van der Waals surface area (Å²) < 4.78 is 45.1. The van der Waals surface area contributed by atoms with Crippen molar-refractivity contribution in [3.8, 4) is 0 Å². The van der Waals surface area contributed by atoms with Crippen LogP contribution in [-0.4, -0.2) is 52.4 Å². The first-order chi connectivity index (χ1) is 11.5. The van der Waals surface area contributed by atoms with Gasteiger partial charge in [-0.1, -0.05) is 20.8 Å². The molecule has 12 heteroatoms. The molecule has 0 fully saturated rings. The summed E-state index contributed by atoms with van der Waals surface area (Å²) in [6.45, 7) is 5.81. The highest BCUT2D eigenvalue weighted by Crippen LogP contribution is 2.29. The van der Waals surface area contributed by atoms with Crippen LogP contribution in [0.2, 0.25) is 0 Å². The SMILES string of the molecule is CCC(C)(S(=O)(=O)CC)S(=O)(=O)CC.Nc1nc2[nH]cnc2c(=O)[nH]1. The minimum absolute atomic E-state index is 0.0896. The van der Waals surface area contributed by atoms with Crippen molar-refractivity contribution in [2.75, 3.05) is 17.2 Å². The van der Waals surface area contributed by atoms with Crippen molar-refractivity contribution in [3.63, 3.8) is 0 Å². The van der Waals surface area contributed by atoms with Crippen LogP contribution in [0.15, 0.2) is 11.1 Å². The molecule has 0 aliphatic carbocycles. The lowest BCUT2D eigenvalue weighted by Gasteiger charge is -2.26. The van der Waals surface area contributed by atoms with Crippen molar-refractivity contribution in [2.45, 2.75) is 38.2 Å². The number of imidazole rings is 1. The molecule has 4 N–H and O–H groups in total. The molecule has 0 radical (unpaired) electrons. The van der Waals surface area contributed by atoms with Gasteiger partial charge in [0.2, 0.25) is 5.95 Å². The van der Waals surface area contributed by atoms with Gasteiger partial charge < -0.3 is 10.7 Å². The lowest BCUT2D eigenvalue weighted by atomic mass is 10.4. The molecule has 2 rings (SSSR count). The van der Waals surface area contributed by atoms with Crippen molar-refractivity contribution in [3.05, 3.63) is 16.7 Å². The second kappa shape index (κ2) is 7.52. The fraction of sp³-hybridized carbons (Fsp3) is 0.615. The first-order valence-electron chi connectivity index (χ1n) is 7.59. The Morgan fingerprint density at radius 2 is 1.64 bits per heavy atom. The number of hydrogen-bond acceptors (Lipinski definition) is 8. The van der Waals surface area contributed by atoms with Gasteiger partial charge in [0, 0.05) is 11.5 Å². The van der Waals surface area contributed by atoms with E-state index in [1.807, 2.05) is 0 Å². The van der Waals surface area contributed by atoms with E-state index in [1.54, 1.807) is 6.92 Å². The number of nitrogens with zero attached hydrogens (tertiary/aromatic N) is 2. The zero-order chi connectivity index (χ0) is 19.5. The van der Waals surface area contributed by atoms with Crippen LogP contribution in [0.3, 0.4) is 0 Å². The average molecular weight is 393 g/mol. The number of fused-ring (bicyclic) bond motifs is 1. The molecule has 0 bridgehead atoms. The summed E-state index contributed by atoms with van der Waals surface area (Å²) in [5.41, 5.74) is 5.63. The molecule has 0 atom stereocenters. The van der Waals surface area contributed by atoms with Crippen LogP contribution in [-0.2, 0) is 19.7 Å². The smallest absolute Gasteiger partial charge is 0.280 e. The molecule has 0 spiro atoms. The summed E-state index contributed by atoms with van der Waals surface area (Å²) in [5.74, 6) is -0.195. The molecular formula is C13H23N5O5S2. The van der Waals surface area contributed by atoms with E-state index in [1.165, 1.54) is 27.1 Å². The molecule has 142 valence electrons. The standard InChI is InChI=1S/C8H18O4S2.C5H5N5O/c1-5-8(4,13(9,10)6-2)14(11,12)7-3;6-5-9-3-2(4(11)10-5)7-1-8-3/h5-7H2,1-4H3;1H,(H4,6,7,8,9,10,11). The van der Waals surface area contributed by atoms with Gasteiger partial charge in [0.05, 0.1) is 6.33 Å². The molecule has 0 aliphatic heterocycles. The summed E-state index contributed by atoms with van der Waals surface area (Å²) in [6.07, 6.45) is 1.49. The van der Waals surface area contributed by atoms with Gasteiger partial charge in [-0.15, -0.1) is 0 Å². The van der Waals surface area contributed by atoms with E-state index in [2.05, 4.69) is 19.9 Å². The highest BCUT2D eigenvalue weighted by Gasteiger charge is 2.47. The highest BCUT2D eigenvalue weighted by molar-refractivity contribution is 8.10. The number of nitrogens with one attached hydrogen (secondary N) is 2. The summed E-state index contributed by atoms with van der Waals surface area (Å²) in [7, 11) is -7.14. The van der Waals surface area contributed by atoms with Gasteiger partial charge in [0.1, 0.15) is 0 Å². The van der Waals surface area contributed by atoms with Crippen LogP contribution >= 0.6 is 0 Å². The molecule has 25 heavy (non-hydrogen) atoms. The topological polar surface area (TPSA) is 169 Å². The Hall–Kier alpha value is -1.95. The number of H-pyrrole nitrogens is 2. The number of aromatic amines is 2. The van der Waals surface area contributed by atoms with Gasteiger partial charge >= 0.3 is 0 Å². The third-order valence-electron chi connectivity index (χ3n) is 4.03. The lowest BCUT2D eigenvalue weighted by molar-refractivity contribution is 0.543. The van der Waals surface area contributed by atoms with Crippen LogP contribution in [0.5, 0.6) is 0 Å². The highest BCUT2D eigenvalue weighted by atomic mass is 32.3. The second-order valence-corrected chi connectivity index (χ2v) is 11.0. The maximum absolute atomic E-state index is 11.7. The normalized spacial score (nSPS) is 12.6. The number of nitrogens with two attached hydrogens (primary N) is 1. The Morgan fingerprint density at radius 1 is 1.12 bits per heavy atom. The minimum atomic E-state index is -3.57. The fourth-order valence-corrected chi connectivity index (χ4v) is 6.46. The van der Waals surface area contributed by atoms with E-state index < -0.39 is 23.8 Å². The van der Waals surface area contributed by atoms with Crippen molar-refractivity contribution in [1.82, 2.24) is 19.9 Å². The van der Waals surface area contributed by atoms with Crippen LogP contribution in [0.1, 0.15) is 34.1 Å². The molecule has 0 amide bonds. The third kappa shape index (κ3) is 4.00. The fourth-order valence-electron chi connectivity index (χ4n) is 2.11. The van der Waals surface area contributed by atoms with Crippen molar-refractivity contribution in [2.24, 2.45) is 0 Å². The molecule has 0 aromatic carbocycles. The van der Waals surface area contributed by atoms with Crippen LogP contribution in [0.25, 0.3) is 11.2 Å². The molecule has 0 saturated carbocycles. The van der Waals surface area contributed by atoms with E-state index in [0.717, 1.165) is 0 Å². The molecule has 2 heterocycles. The quantitative estimate of drug-likeness (QED) is 0.647. The second-order valence-electron chi connectivity index (χ2n) is 5.35. The zero-order valence-corrected chi connectivity index (χ0v) is 16.2. The number of aromatic nitrogens is 4. The number of rotatable bonds is 5. The minimum Gasteiger partial charge on any atom is -0.369 e. The molecule has 0 aliphatic rings. The molecule has 0 unspecified atom stereocenters. The van der Waals surface area contributed by atoms with Crippen LogP contribution in [0, 0.1) is 0 Å². The van der Waals surface area contributed by atoms with E-state index in [0.29, 0.717) is 5.65 Å². The Bertz CT molecular complexity index is 957. The van der Waals surface area contributed by atoms with Crippen LogP contribution in [0.4, 0.5) is 5.95 Å². The monoisotopic (exact) mass is 393 g/mol. The Labute approximate surface area is 146 Å². The van der Waals surface area contributed by atoms with Crippen LogP contribution < -0.4 is 11.3 Å². The Morgan fingerprint density at radius 3 is 2.08 bits per heavy atom. The first-order valence-corrected chi connectivity index (χ1v) is 10.9. The zero-order valence-electron chi connectivity index (χ0n) is 14.5. The molecule has 2 aromatic rings. The summed E-state index contributed by atoms with van der Waals surface area (Å²) in [6, 6.07) is 0. The predicted molar refractivity (Wildman–Crippen MR) is 96.5 cm³/mol. The largest absolute Gasteiger partial charge is 0.369 e. The van der Waals surface area contributed by atoms with Gasteiger partial charge in [-0.3, -0.25) is 9.78 Å². The van der Waals surface area contributed by atoms with Gasteiger partial charge in [-0.2, -0.15) is 4.98 Å². The Kier molecular flexibility index (Phi) is 6.34. The Balaban J connectivity index is 0.000000255. The van der Waals surface area contributed by atoms with E-state index in [-0.39, 0.29) is 35.0 Å². The molecule has 2 aromatic heterocycles. The van der Waals surface area contributed by atoms with E-state index >= 15 is 0 Å². The van der Waals surface area contributed by atoms with Gasteiger partial charge in [0.15, 0.2) is 34.9 Å². The lowest BCUT2D eigenvalue weighted by Crippen LogP contribution is -2.44. The van der Waals surface area contributed by atoms with E-state index in [9.17, 15) is 21.6 Å². The number of hydrogen-bond donors (Lipinski definition) is 3. The number of sulfone groups is 2. The average Bonchev–Trinajstić information content (AvgIpc) is 3.02. The summed E-state index contributed by atoms with van der Waals surface area (Å²) in [4.78, 5) is 23.6. The maximum Gasteiger partial charge on any atom is 0.280 e. The summed E-state index contributed by atoms with van der Waals surface area (Å²) in [5, 5.41) is 0. The molecule has 0 saturated heterocycles. The number of nitrogen functional groups attached to an aromatic ring is 1. The van der Waals surface area contributed by atoms with Crippen molar-refractivity contribution in [1.29, 1.82) is 0 Å². The van der Waals surface area contributed by atoms with Gasteiger partial charge in [-0.05, 0) is 13.3 Å². The molecule has 10 nitrogen and oxygen atoms in total. The third-order valence-corrected chi connectivity index (χ3v) is 10.3. The van der Waals surface area contributed by atoms with Crippen molar-refractivity contribution < 1.29 is 16.8 Å². The van der Waals surface area contributed by atoms with Crippen molar-refractivity contribution >= 4 is 36.8 Å². The first kappa shape index (κ1) is 21.1. The van der Waals surface area contributed by atoms with E-state index in [4.69, 9.17) is 5.73 Å². The van der Waals surface area contributed by atoms with Gasteiger partial charge in [-0.25, -0.2) is 21.8 Å². The predicted octanol–water partition coefficient (Wildman–Crippen LogP) is 0.210. The van der Waals surface area contributed by atoms with Gasteiger partial charge in [0.25, 0.3) is 5.56 Å². The molecular weight excluding hydrogens is 370 g/mol. The maximum atomic E-state index is 11.7. The number of anilines is 1. The summed E-state index contributed by atoms with van der Waals surface area (Å²) >= 11 is 0.